The van der Waals surface area contributed by atoms with E-state index in [9.17, 15) is 13.6 Å². The zero-order valence-electron chi connectivity index (χ0n) is 12.3. The fourth-order valence-electron chi connectivity index (χ4n) is 2.52. The van der Waals surface area contributed by atoms with Gasteiger partial charge in [0.25, 0.3) is 12.3 Å². The predicted molar refractivity (Wildman–Crippen MR) is 80.0 cm³/mol. The van der Waals surface area contributed by atoms with E-state index in [1.807, 2.05) is 6.07 Å². The first-order valence-electron chi connectivity index (χ1n) is 7.28. The molecule has 0 fully saturated rings. The number of ether oxygens (including phenoxy) is 1. The van der Waals surface area contributed by atoms with Crippen LogP contribution in [-0.4, -0.2) is 35.5 Å². The molecule has 0 aromatic carbocycles. The number of carbonyl (C=O) groups is 1. The highest BCUT2D eigenvalue weighted by Gasteiger charge is 2.25. The summed E-state index contributed by atoms with van der Waals surface area (Å²) in [5, 5.41) is 0. The number of pyridine rings is 2. The van der Waals surface area contributed by atoms with Gasteiger partial charge in [-0.15, -0.1) is 0 Å². The van der Waals surface area contributed by atoms with Crippen LogP contribution in [0.3, 0.4) is 0 Å². The topological polar surface area (TPSA) is 55.3 Å². The fraction of sp³-hybridized carbons (Fsp3) is 0.312. The number of nitrogens with zero attached hydrogens (tertiary/aromatic N) is 3. The Hall–Kier alpha value is -2.57. The Morgan fingerprint density at radius 1 is 1.30 bits per heavy atom. The molecular weight excluding hydrogens is 304 g/mol. The Balaban J connectivity index is 1.83. The van der Waals surface area contributed by atoms with Gasteiger partial charge in [0.05, 0.1) is 11.4 Å². The first-order chi connectivity index (χ1) is 11.1. The van der Waals surface area contributed by atoms with Crippen LogP contribution in [-0.2, 0) is 6.42 Å². The Kier molecular flexibility index (Phi) is 4.45. The molecule has 0 spiro atoms. The lowest BCUT2D eigenvalue weighted by Gasteiger charge is -2.28. The molecular formula is C16H15F2N3O2. The van der Waals surface area contributed by atoms with Crippen LogP contribution in [0.15, 0.2) is 36.7 Å². The predicted octanol–water partition coefficient (Wildman–Crippen LogP) is 2.71. The summed E-state index contributed by atoms with van der Waals surface area (Å²) in [5.41, 5.74) is 1.80. The summed E-state index contributed by atoms with van der Waals surface area (Å²) in [6.07, 6.45) is 2.15. The molecule has 3 rings (SSSR count). The number of hydrogen-bond donors (Lipinski definition) is 0. The molecule has 0 saturated heterocycles. The van der Waals surface area contributed by atoms with Crippen LogP contribution >= 0.6 is 0 Å². The Morgan fingerprint density at radius 3 is 3.00 bits per heavy atom. The molecule has 0 N–H and O–H groups in total. The second kappa shape index (κ2) is 6.68. The molecule has 0 bridgehead atoms. The van der Waals surface area contributed by atoms with Gasteiger partial charge in [0.1, 0.15) is 18.1 Å². The Morgan fingerprint density at radius 2 is 2.17 bits per heavy atom. The SMILES string of the molecule is O=C(c1cc(OCC(F)F)ccn1)N1CCCc2ncccc21. The second-order valence-electron chi connectivity index (χ2n) is 5.11. The van der Waals surface area contributed by atoms with Crippen molar-refractivity contribution in [2.75, 3.05) is 18.1 Å². The van der Waals surface area contributed by atoms with Crippen LogP contribution in [0.25, 0.3) is 0 Å². The molecule has 0 unspecified atom stereocenters. The number of anilines is 1. The molecule has 1 aliphatic heterocycles. The van der Waals surface area contributed by atoms with Crippen molar-refractivity contribution in [3.63, 3.8) is 0 Å². The molecule has 2 aromatic heterocycles. The average molecular weight is 319 g/mol. The highest BCUT2D eigenvalue weighted by Crippen LogP contribution is 2.26. The van der Waals surface area contributed by atoms with E-state index in [2.05, 4.69) is 9.97 Å². The minimum absolute atomic E-state index is 0.161. The molecule has 7 heteroatoms. The Labute approximate surface area is 131 Å². The van der Waals surface area contributed by atoms with E-state index in [-0.39, 0.29) is 17.4 Å². The van der Waals surface area contributed by atoms with Crippen molar-refractivity contribution in [3.05, 3.63) is 48.0 Å². The summed E-state index contributed by atoms with van der Waals surface area (Å²) in [4.78, 5) is 22.6. The monoisotopic (exact) mass is 319 g/mol. The molecule has 0 atom stereocenters. The molecule has 0 radical (unpaired) electrons. The molecule has 23 heavy (non-hydrogen) atoms. The minimum Gasteiger partial charge on any atom is -0.488 e. The normalized spacial score (nSPS) is 13.8. The Bertz CT molecular complexity index is 709. The van der Waals surface area contributed by atoms with E-state index in [1.165, 1.54) is 18.3 Å². The number of halogens is 2. The highest BCUT2D eigenvalue weighted by atomic mass is 19.3. The van der Waals surface area contributed by atoms with Crippen molar-refractivity contribution in [1.82, 2.24) is 9.97 Å². The van der Waals surface area contributed by atoms with E-state index in [0.717, 1.165) is 24.2 Å². The summed E-state index contributed by atoms with van der Waals surface area (Å²) >= 11 is 0. The number of fused-ring (bicyclic) bond motifs is 1. The molecule has 3 heterocycles. The number of carbonyl (C=O) groups excluding carboxylic acids is 1. The maximum atomic E-state index is 12.7. The molecule has 1 amide bonds. The zero-order valence-corrected chi connectivity index (χ0v) is 12.3. The second-order valence-corrected chi connectivity index (χ2v) is 5.11. The third-order valence-electron chi connectivity index (χ3n) is 3.52. The van der Waals surface area contributed by atoms with E-state index in [4.69, 9.17) is 4.74 Å². The largest absolute Gasteiger partial charge is 0.488 e. The van der Waals surface area contributed by atoms with Gasteiger partial charge in [0.2, 0.25) is 0 Å². The van der Waals surface area contributed by atoms with E-state index < -0.39 is 13.0 Å². The third kappa shape index (κ3) is 3.44. The molecule has 5 nitrogen and oxygen atoms in total. The molecule has 0 saturated carbocycles. The lowest BCUT2D eigenvalue weighted by molar-refractivity contribution is 0.0817. The molecule has 1 aliphatic rings. The number of alkyl halides is 2. The van der Waals surface area contributed by atoms with E-state index in [0.29, 0.717) is 6.54 Å². The summed E-state index contributed by atoms with van der Waals surface area (Å²) in [6, 6.07) is 6.46. The average Bonchev–Trinajstić information content (AvgIpc) is 2.59. The number of aryl methyl sites for hydroxylation is 1. The van der Waals surface area contributed by atoms with Gasteiger partial charge in [-0.3, -0.25) is 14.8 Å². The maximum Gasteiger partial charge on any atom is 0.277 e. The highest BCUT2D eigenvalue weighted by molar-refractivity contribution is 6.05. The molecule has 2 aromatic rings. The summed E-state index contributed by atoms with van der Waals surface area (Å²) in [7, 11) is 0. The quantitative estimate of drug-likeness (QED) is 0.869. The minimum atomic E-state index is -2.57. The fourth-order valence-corrected chi connectivity index (χ4v) is 2.52. The lowest BCUT2D eigenvalue weighted by atomic mass is 10.1. The summed E-state index contributed by atoms with van der Waals surface area (Å²) in [6.45, 7) is -0.143. The number of aromatic nitrogens is 2. The van der Waals surface area contributed by atoms with Gasteiger partial charge in [0, 0.05) is 25.0 Å². The van der Waals surface area contributed by atoms with Gasteiger partial charge >= 0.3 is 0 Å². The first kappa shape index (κ1) is 15.3. The van der Waals surface area contributed by atoms with Crippen molar-refractivity contribution >= 4 is 11.6 Å². The van der Waals surface area contributed by atoms with Crippen LogP contribution in [0.2, 0.25) is 0 Å². The van der Waals surface area contributed by atoms with E-state index >= 15 is 0 Å². The lowest BCUT2D eigenvalue weighted by Crippen LogP contribution is -2.36. The summed E-state index contributed by atoms with van der Waals surface area (Å²) in [5.74, 6) is -0.0893. The van der Waals surface area contributed by atoms with Gasteiger partial charge in [0.15, 0.2) is 0 Å². The van der Waals surface area contributed by atoms with Crippen LogP contribution < -0.4 is 9.64 Å². The van der Waals surface area contributed by atoms with Crippen LogP contribution in [0.4, 0.5) is 14.5 Å². The van der Waals surface area contributed by atoms with Gasteiger partial charge in [-0.1, -0.05) is 0 Å². The van der Waals surface area contributed by atoms with Gasteiger partial charge in [-0.05, 0) is 31.0 Å². The first-order valence-corrected chi connectivity index (χ1v) is 7.28. The number of amides is 1. The van der Waals surface area contributed by atoms with Gasteiger partial charge < -0.3 is 9.64 Å². The standard InChI is InChI=1S/C16H15F2N3O2/c17-15(18)10-23-11-5-7-20-13(9-11)16(22)21-8-2-3-12-14(21)4-1-6-19-12/h1,4-7,9,15H,2-3,8,10H2. The van der Waals surface area contributed by atoms with Crippen molar-refractivity contribution in [1.29, 1.82) is 0 Å². The van der Waals surface area contributed by atoms with Gasteiger partial charge in [-0.25, -0.2) is 8.78 Å². The van der Waals surface area contributed by atoms with E-state index in [1.54, 1.807) is 17.2 Å². The van der Waals surface area contributed by atoms with Crippen LogP contribution in [0.1, 0.15) is 22.6 Å². The maximum absolute atomic E-state index is 12.7. The zero-order chi connectivity index (χ0) is 16.2. The smallest absolute Gasteiger partial charge is 0.277 e. The van der Waals surface area contributed by atoms with Crippen molar-refractivity contribution in [2.45, 2.75) is 19.3 Å². The molecule has 120 valence electrons. The summed E-state index contributed by atoms with van der Waals surface area (Å²) < 4.78 is 29.4. The molecule has 0 aliphatic carbocycles. The van der Waals surface area contributed by atoms with Crippen molar-refractivity contribution in [3.8, 4) is 5.75 Å². The van der Waals surface area contributed by atoms with Crippen LogP contribution in [0.5, 0.6) is 5.75 Å². The third-order valence-corrected chi connectivity index (χ3v) is 3.52. The van der Waals surface area contributed by atoms with Gasteiger partial charge in [-0.2, -0.15) is 0 Å². The van der Waals surface area contributed by atoms with Crippen LogP contribution in [0, 0.1) is 0 Å². The number of rotatable bonds is 4. The van der Waals surface area contributed by atoms with Crippen molar-refractivity contribution in [2.24, 2.45) is 0 Å². The number of hydrogen-bond acceptors (Lipinski definition) is 4. The van der Waals surface area contributed by atoms with Crippen molar-refractivity contribution < 1.29 is 18.3 Å².